The molecule has 0 radical (unpaired) electrons. The van der Waals surface area contributed by atoms with Gasteiger partial charge in [-0.2, -0.15) is 0 Å². The molecule has 0 bridgehead atoms. The van der Waals surface area contributed by atoms with Gasteiger partial charge in [0, 0.05) is 23.5 Å². The Bertz CT molecular complexity index is 642. The first-order chi connectivity index (χ1) is 12.0. The predicted molar refractivity (Wildman–Crippen MR) is 97.8 cm³/mol. The highest BCUT2D eigenvalue weighted by atomic mass is 79.9. The second-order valence-corrected chi connectivity index (χ2v) is 7.96. The van der Waals surface area contributed by atoms with Crippen LogP contribution in [-0.4, -0.2) is 41.6 Å². The van der Waals surface area contributed by atoms with Crippen LogP contribution in [0.4, 0.5) is 0 Å². The molecule has 1 aromatic carbocycles. The molecule has 0 spiro atoms. The van der Waals surface area contributed by atoms with Crippen LogP contribution in [0.15, 0.2) is 22.7 Å². The summed E-state index contributed by atoms with van der Waals surface area (Å²) in [6, 6.07) is 6.20. The molecule has 1 aromatic rings. The third-order valence-electron chi connectivity index (χ3n) is 5.18. The Morgan fingerprint density at radius 3 is 2.72 bits per heavy atom. The summed E-state index contributed by atoms with van der Waals surface area (Å²) < 4.78 is 7.20. The summed E-state index contributed by atoms with van der Waals surface area (Å²) in [4.78, 5) is 24.2. The van der Waals surface area contributed by atoms with Gasteiger partial charge < -0.3 is 14.7 Å². The minimum atomic E-state index is -1.07. The molecule has 2 fully saturated rings. The van der Waals surface area contributed by atoms with Crippen LogP contribution >= 0.6 is 15.9 Å². The lowest BCUT2D eigenvalue weighted by atomic mass is 9.97. The van der Waals surface area contributed by atoms with Crippen molar-refractivity contribution in [3.63, 3.8) is 0 Å². The molecule has 3 rings (SSSR count). The minimum Gasteiger partial charge on any atom is -0.493 e. The highest BCUT2D eigenvalue weighted by molar-refractivity contribution is 9.10. The van der Waals surface area contributed by atoms with Gasteiger partial charge in [0.1, 0.15) is 12.2 Å². The largest absolute Gasteiger partial charge is 0.493 e. The smallest absolute Gasteiger partial charge is 0.312 e. The second-order valence-electron chi connectivity index (χ2n) is 7.04. The van der Waals surface area contributed by atoms with E-state index in [1.807, 2.05) is 12.1 Å². The maximum absolute atomic E-state index is 11.8. The molecule has 6 heteroatoms. The molecule has 1 saturated heterocycles. The van der Waals surface area contributed by atoms with E-state index in [2.05, 4.69) is 22.0 Å². The van der Waals surface area contributed by atoms with Crippen LogP contribution in [0.5, 0.6) is 5.75 Å². The predicted octanol–water partition coefficient (Wildman–Crippen LogP) is 3.81. The van der Waals surface area contributed by atoms with Crippen LogP contribution in [0.2, 0.25) is 0 Å². The number of hydrogen-bond acceptors (Lipinski definition) is 3. The van der Waals surface area contributed by atoms with Gasteiger partial charge in [-0.05, 0) is 48.9 Å². The third-order valence-corrected chi connectivity index (χ3v) is 5.68. The van der Waals surface area contributed by atoms with E-state index in [-0.39, 0.29) is 11.8 Å². The molecule has 2 aliphatic rings. The zero-order chi connectivity index (χ0) is 17.8. The number of likely N-dealkylation sites (tertiary alicyclic amines) is 1. The van der Waals surface area contributed by atoms with E-state index in [0.29, 0.717) is 25.6 Å². The first kappa shape index (κ1) is 18.2. The van der Waals surface area contributed by atoms with Crippen molar-refractivity contribution in [2.45, 2.75) is 44.4 Å². The van der Waals surface area contributed by atoms with Crippen LogP contribution < -0.4 is 4.74 Å². The zero-order valence-corrected chi connectivity index (χ0v) is 15.8. The van der Waals surface area contributed by atoms with Crippen LogP contribution in [0.3, 0.4) is 0 Å². The Morgan fingerprint density at radius 2 is 2.00 bits per heavy atom. The number of aliphatic carboxylic acids is 1. The van der Waals surface area contributed by atoms with Gasteiger partial charge in [0.05, 0.1) is 6.61 Å². The number of carboxylic acid groups (broad SMARTS) is 1. The van der Waals surface area contributed by atoms with E-state index in [9.17, 15) is 9.59 Å². The Balaban J connectivity index is 1.57. The molecule has 1 aliphatic carbocycles. The summed E-state index contributed by atoms with van der Waals surface area (Å²) in [5.74, 6) is 0.416. The fourth-order valence-corrected chi connectivity index (χ4v) is 4.23. The zero-order valence-electron chi connectivity index (χ0n) is 14.2. The number of carbonyl (C=O) groups is 2. The van der Waals surface area contributed by atoms with Crippen molar-refractivity contribution in [1.29, 1.82) is 0 Å². The first-order valence-electron chi connectivity index (χ1n) is 8.94. The van der Waals surface area contributed by atoms with E-state index >= 15 is 0 Å². The molecule has 1 heterocycles. The summed E-state index contributed by atoms with van der Waals surface area (Å²) in [7, 11) is 0. The number of benzene rings is 1. The molecular formula is C19H24BrNO4. The third kappa shape index (κ3) is 4.75. The Morgan fingerprint density at radius 1 is 1.24 bits per heavy atom. The van der Waals surface area contributed by atoms with Crippen molar-refractivity contribution >= 4 is 27.8 Å². The number of carboxylic acids is 1. The lowest BCUT2D eigenvalue weighted by molar-refractivity contribution is -0.143. The highest BCUT2D eigenvalue weighted by Gasteiger charge is 2.28. The van der Waals surface area contributed by atoms with E-state index in [1.54, 1.807) is 4.90 Å². The van der Waals surface area contributed by atoms with E-state index in [1.165, 1.54) is 31.2 Å². The Hall–Kier alpha value is -1.56. The summed E-state index contributed by atoms with van der Waals surface area (Å²) in [6.07, 6.45) is 5.42. The molecule has 1 aliphatic heterocycles. The van der Waals surface area contributed by atoms with Crippen molar-refractivity contribution < 1.29 is 19.4 Å². The number of halogens is 1. The lowest BCUT2D eigenvalue weighted by Gasteiger charge is -2.19. The first-order valence-corrected chi connectivity index (χ1v) is 9.74. The van der Waals surface area contributed by atoms with E-state index in [4.69, 9.17) is 9.84 Å². The molecule has 1 saturated carbocycles. The molecule has 1 N–H and O–H groups in total. The van der Waals surface area contributed by atoms with Crippen molar-refractivity contribution in [2.24, 2.45) is 5.92 Å². The number of ether oxygens (including phenoxy) is 1. The van der Waals surface area contributed by atoms with Crippen LogP contribution in [0, 0.1) is 5.92 Å². The number of hydrogen-bond donors (Lipinski definition) is 1. The Kier molecular flexibility index (Phi) is 5.99. The van der Waals surface area contributed by atoms with Gasteiger partial charge in [0.2, 0.25) is 5.91 Å². The van der Waals surface area contributed by atoms with Crippen LogP contribution in [0.1, 0.15) is 50.0 Å². The molecule has 1 amide bonds. The van der Waals surface area contributed by atoms with Crippen molar-refractivity contribution in [3.05, 3.63) is 28.2 Å². The van der Waals surface area contributed by atoms with Gasteiger partial charge in [0.15, 0.2) is 0 Å². The maximum atomic E-state index is 11.8. The van der Waals surface area contributed by atoms with Gasteiger partial charge in [-0.15, -0.1) is 0 Å². The molecule has 136 valence electrons. The standard InChI is InChI=1S/C19H24BrNO4/c20-15-5-6-17(16(9-15)14-3-1-2-4-14)25-12-13-7-8-21(11-13)18(22)10-19(23)24/h5-6,9,13-14H,1-4,7-8,10-12H2,(H,23,24)/t13-/m1/s1. The SMILES string of the molecule is O=C(O)CC(=O)N1CC[C@@H](COc2ccc(Br)cc2C2CCCC2)C1. The van der Waals surface area contributed by atoms with Gasteiger partial charge in [-0.25, -0.2) is 0 Å². The average molecular weight is 410 g/mol. The molecular weight excluding hydrogens is 386 g/mol. The molecule has 0 unspecified atom stereocenters. The number of rotatable bonds is 6. The second kappa shape index (κ2) is 8.21. The summed E-state index contributed by atoms with van der Waals surface area (Å²) >= 11 is 3.56. The Labute approximate surface area is 156 Å². The highest BCUT2D eigenvalue weighted by Crippen LogP contribution is 2.40. The number of amides is 1. The van der Waals surface area contributed by atoms with E-state index < -0.39 is 12.4 Å². The van der Waals surface area contributed by atoms with E-state index in [0.717, 1.165) is 16.6 Å². The molecule has 5 nitrogen and oxygen atoms in total. The lowest BCUT2D eigenvalue weighted by Crippen LogP contribution is -2.31. The summed E-state index contributed by atoms with van der Waals surface area (Å²) in [5, 5.41) is 8.74. The molecule has 0 aromatic heterocycles. The van der Waals surface area contributed by atoms with Gasteiger partial charge in [0.25, 0.3) is 0 Å². The number of nitrogens with zero attached hydrogens (tertiary/aromatic N) is 1. The van der Waals surface area contributed by atoms with Crippen LogP contribution in [0.25, 0.3) is 0 Å². The van der Waals surface area contributed by atoms with Crippen molar-refractivity contribution in [3.8, 4) is 5.75 Å². The minimum absolute atomic E-state index is 0.262. The summed E-state index contributed by atoms with van der Waals surface area (Å²) in [6.45, 7) is 1.77. The number of carbonyl (C=O) groups excluding carboxylic acids is 1. The fourth-order valence-electron chi connectivity index (χ4n) is 3.85. The van der Waals surface area contributed by atoms with Gasteiger partial charge >= 0.3 is 5.97 Å². The summed E-state index contributed by atoms with van der Waals surface area (Å²) in [5.41, 5.74) is 1.28. The average Bonchev–Trinajstić information content (AvgIpc) is 3.25. The quantitative estimate of drug-likeness (QED) is 0.725. The maximum Gasteiger partial charge on any atom is 0.312 e. The molecule has 25 heavy (non-hydrogen) atoms. The van der Waals surface area contributed by atoms with Crippen LogP contribution in [-0.2, 0) is 9.59 Å². The normalized spacial score (nSPS) is 20.8. The fraction of sp³-hybridized carbons (Fsp3) is 0.579. The van der Waals surface area contributed by atoms with Gasteiger partial charge in [-0.1, -0.05) is 28.8 Å². The van der Waals surface area contributed by atoms with Crippen molar-refractivity contribution in [1.82, 2.24) is 4.90 Å². The van der Waals surface area contributed by atoms with Gasteiger partial charge in [-0.3, -0.25) is 9.59 Å². The van der Waals surface area contributed by atoms with Crippen molar-refractivity contribution in [2.75, 3.05) is 19.7 Å². The monoisotopic (exact) mass is 409 g/mol. The molecule has 1 atom stereocenters. The topological polar surface area (TPSA) is 66.8 Å².